The summed E-state index contributed by atoms with van der Waals surface area (Å²) >= 11 is 0. The van der Waals surface area contributed by atoms with Crippen molar-refractivity contribution in [1.29, 1.82) is 0 Å². The zero-order chi connectivity index (χ0) is 15.1. The Morgan fingerprint density at radius 1 is 1.40 bits per heavy atom. The van der Waals surface area contributed by atoms with Crippen molar-refractivity contribution in [3.63, 3.8) is 0 Å². The fourth-order valence-corrected chi connectivity index (χ4v) is 1.79. The average Bonchev–Trinajstić information content (AvgIpc) is 2.38. The predicted molar refractivity (Wildman–Crippen MR) is 78.5 cm³/mol. The van der Waals surface area contributed by atoms with Crippen LogP contribution in [0.5, 0.6) is 0 Å². The highest BCUT2D eigenvalue weighted by Crippen LogP contribution is 2.26. The van der Waals surface area contributed by atoms with Gasteiger partial charge in [0.15, 0.2) is 0 Å². The highest BCUT2D eigenvalue weighted by molar-refractivity contribution is 5.84. The second kappa shape index (κ2) is 7.64. The van der Waals surface area contributed by atoms with Gasteiger partial charge in [0, 0.05) is 19.2 Å². The molecule has 1 rings (SSSR count). The number of anilines is 2. The molecule has 0 saturated heterocycles. The maximum Gasteiger partial charge on any atom is 0.242 e. The van der Waals surface area contributed by atoms with Crippen LogP contribution in [-0.2, 0) is 9.53 Å². The number of carbonyl (C=O) groups excluding carboxylic acids is 1. The summed E-state index contributed by atoms with van der Waals surface area (Å²) in [4.78, 5) is 20.0. The first kappa shape index (κ1) is 16.2. The lowest BCUT2D eigenvalue weighted by Gasteiger charge is -2.19. The summed E-state index contributed by atoms with van der Waals surface area (Å²) in [6.45, 7) is 6.73. The van der Waals surface area contributed by atoms with Gasteiger partial charge in [0.1, 0.15) is 24.0 Å². The molecule has 0 radical (unpaired) electrons. The number of aromatic nitrogens is 2. The Balaban J connectivity index is 2.73. The van der Waals surface area contributed by atoms with Crippen LogP contribution in [-0.4, -0.2) is 42.2 Å². The molecule has 20 heavy (non-hydrogen) atoms. The second-order valence-corrected chi connectivity index (χ2v) is 4.83. The summed E-state index contributed by atoms with van der Waals surface area (Å²) in [7, 11) is 1.59. The fraction of sp³-hybridized carbons (Fsp3) is 0.615. The zero-order valence-electron chi connectivity index (χ0n) is 12.4. The summed E-state index contributed by atoms with van der Waals surface area (Å²) in [5.41, 5.74) is 6.69. The third kappa shape index (κ3) is 4.34. The summed E-state index contributed by atoms with van der Waals surface area (Å²) in [5, 5.41) is 5.84. The Kier molecular flexibility index (Phi) is 6.17. The first-order valence-electron chi connectivity index (χ1n) is 6.60. The molecule has 1 aromatic rings. The van der Waals surface area contributed by atoms with Crippen molar-refractivity contribution in [2.75, 3.05) is 31.3 Å². The highest BCUT2D eigenvalue weighted by atomic mass is 16.5. The van der Waals surface area contributed by atoms with Crippen molar-refractivity contribution in [2.45, 2.75) is 32.7 Å². The smallest absolute Gasteiger partial charge is 0.242 e. The molecule has 1 amide bonds. The molecular weight excluding hydrogens is 258 g/mol. The number of hydrogen-bond donors (Lipinski definition) is 3. The van der Waals surface area contributed by atoms with Gasteiger partial charge in [-0.1, -0.05) is 13.8 Å². The lowest BCUT2D eigenvalue weighted by Crippen LogP contribution is -2.39. The van der Waals surface area contributed by atoms with Gasteiger partial charge in [-0.15, -0.1) is 0 Å². The Labute approximate surface area is 119 Å². The van der Waals surface area contributed by atoms with Crippen molar-refractivity contribution < 1.29 is 9.53 Å². The van der Waals surface area contributed by atoms with Gasteiger partial charge < -0.3 is 21.1 Å². The van der Waals surface area contributed by atoms with Crippen molar-refractivity contribution in [3.8, 4) is 0 Å². The number of carbonyl (C=O) groups is 1. The van der Waals surface area contributed by atoms with Crippen LogP contribution in [0.1, 0.15) is 32.3 Å². The quantitative estimate of drug-likeness (QED) is 0.637. The Morgan fingerprint density at radius 3 is 2.70 bits per heavy atom. The van der Waals surface area contributed by atoms with E-state index in [-0.39, 0.29) is 11.8 Å². The van der Waals surface area contributed by atoms with E-state index in [0.29, 0.717) is 24.8 Å². The van der Waals surface area contributed by atoms with Crippen LogP contribution in [0, 0.1) is 0 Å². The molecule has 0 aromatic carbocycles. The van der Waals surface area contributed by atoms with Crippen LogP contribution in [0.4, 0.5) is 11.6 Å². The summed E-state index contributed by atoms with van der Waals surface area (Å²) in [6.07, 6.45) is 1.39. The first-order chi connectivity index (χ1) is 9.47. The number of ether oxygens (including phenoxy) is 1. The van der Waals surface area contributed by atoms with Gasteiger partial charge in [-0.3, -0.25) is 4.79 Å². The fourth-order valence-electron chi connectivity index (χ4n) is 1.79. The maximum absolute atomic E-state index is 11.9. The van der Waals surface area contributed by atoms with Gasteiger partial charge >= 0.3 is 0 Å². The molecule has 0 bridgehead atoms. The molecular formula is C13H23N5O2. The number of nitrogen functional groups attached to an aromatic ring is 1. The maximum atomic E-state index is 11.9. The minimum atomic E-state index is -0.418. The number of amides is 1. The Bertz CT molecular complexity index is 450. The lowest BCUT2D eigenvalue weighted by atomic mass is 10.0. The number of nitrogens with zero attached hydrogens (tertiary/aromatic N) is 2. The van der Waals surface area contributed by atoms with E-state index >= 15 is 0 Å². The Morgan fingerprint density at radius 2 is 2.10 bits per heavy atom. The third-order valence-corrected chi connectivity index (χ3v) is 2.84. The SMILES string of the molecule is COCCNC(=O)C(C)Nc1ncnc(N)c1C(C)C. The molecule has 0 aliphatic carbocycles. The van der Waals surface area contributed by atoms with Crippen molar-refractivity contribution in [3.05, 3.63) is 11.9 Å². The molecule has 7 nitrogen and oxygen atoms in total. The number of methoxy groups -OCH3 is 1. The Hall–Kier alpha value is -1.89. The second-order valence-electron chi connectivity index (χ2n) is 4.83. The lowest BCUT2D eigenvalue weighted by molar-refractivity contribution is -0.121. The molecule has 1 atom stereocenters. The van der Waals surface area contributed by atoms with Crippen molar-refractivity contribution in [1.82, 2.24) is 15.3 Å². The van der Waals surface area contributed by atoms with Crippen LogP contribution in [0.2, 0.25) is 0 Å². The third-order valence-electron chi connectivity index (χ3n) is 2.84. The molecule has 1 heterocycles. The molecule has 0 fully saturated rings. The van der Waals surface area contributed by atoms with Gasteiger partial charge in [0.25, 0.3) is 0 Å². The predicted octanol–water partition coefficient (Wildman–Crippen LogP) is 0.745. The van der Waals surface area contributed by atoms with Gasteiger partial charge in [0.05, 0.1) is 6.61 Å². The van der Waals surface area contributed by atoms with Crippen LogP contribution in [0.3, 0.4) is 0 Å². The minimum absolute atomic E-state index is 0.117. The van der Waals surface area contributed by atoms with E-state index in [1.54, 1.807) is 14.0 Å². The monoisotopic (exact) mass is 281 g/mol. The van der Waals surface area contributed by atoms with Gasteiger partial charge in [0.2, 0.25) is 5.91 Å². The van der Waals surface area contributed by atoms with E-state index in [1.807, 2.05) is 13.8 Å². The minimum Gasteiger partial charge on any atom is -0.383 e. The summed E-state index contributed by atoms with van der Waals surface area (Å²) in [6, 6.07) is -0.418. The molecule has 0 aliphatic heterocycles. The number of rotatable bonds is 7. The molecule has 0 spiro atoms. The molecule has 112 valence electrons. The normalized spacial score (nSPS) is 12.2. The summed E-state index contributed by atoms with van der Waals surface area (Å²) in [5.74, 6) is 1.09. The summed E-state index contributed by atoms with van der Waals surface area (Å²) < 4.78 is 4.88. The molecule has 1 aromatic heterocycles. The van der Waals surface area contributed by atoms with E-state index in [4.69, 9.17) is 10.5 Å². The molecule has 7 heteroatoms. The zero-order valence-corrected chi connectivity index (χ0v) is 12.4. The molecule has 0 saturated carbocycles. The van der Waals surface area contributed by atoms with Crippen molar-refractivity contribution in [2.24, 2.45) is 0 Å². The van der Waals surface area contributed by atoms with E-state index in [9.17, 15) is 4.79 Å². The van der Waals surface area contributed by atoms with E-state index in [2.05, 4.69) is 20.6 Å². The molecule has 1 unspecified atom stereocenters. The first-order valence-corrected chi connectivity index (χ1v) is 6.60. The van der Waals surface area contributed by atoms with Gasteiger partial charge in [-0.25, -0.2) is 9.97 Å². The van der Waals surface area contributed by atoms with Gasteiger partial charge in [-0.05, 0) is 12.8 Å². The largest absolute Gasteiger partial charge is 0.383 e. The molecule has 4 N–H and O–H groups in total. The number of nitrogens with one attached hydrogen (secondary N) is 2. The topological polar surface area (TPSA) is 102 Å². The average molecular weight is 281 g/mol. The number of nitrogens with two attached hydrogens (primary N) is 1. The number of hydrogen-bond acceptors (Lipinski definition) is 6. The standard InChI is InChI=1S/C13H23N5O2/c1-8(2)10-11(14)16-7-17-12(10)18-9(3)13(19)15-5-6-20-4/h7-9H,5-6H2,1-4H3,(H,15,19)(H3,14,16,17,18). The van der Waals surface area contributed by atoms with Gasteiger partial charge in [-0.2, -0.15) is 0 Å². The van der Waals surface area contributed by atoms with Crippen LogP contribution in [0.15, 0.2) is 6.33 Å². The van der Waals surface area contributed by atoms with Crippen LogP contribution < -0.4 is 16.4 Å². The van der Waals surface area contributed by atoms with Crippen molar-refractivity contribution >= 4 is 17.5 Å². The highest BCUT2D eigenvalue weighted by Gasteiger charge is 2.18. The molecule has 0 aliphatic rings. The van der Waals surface area contributed by atoms with Crippen LogP contribution >= 0.6 is 0 Å². The van der Waals surface area contributed by atoms with Crippen LogP contribution in [0.25, 0.3) is 0 Å². The van der Waals surface area contributed by atoms with E-state index in [1.165, 1.54) is 6.33 Å². The van der Waals surface area contributed by atoms with E-state index in [0.717, 1.165) is 5.56 Å². The van der Waals surface area contributed by atoms with E-state index < -0.39 is 6.04 Å².